The highest BCUT2D eigenvalue weighted by Crippen LogP contribution is 2.10. The maximum Gasteiger partial charge on any atom is 0.226 e. The lowest BCUT2D eigenvalue weighted by atomic mass is 10.4. The first-order valence-electron chi connectivity index (χ1n) is 2.81. The number of carbonyl (C=O) groups excluding carboxylic acids is 1. The van der Waals surface area contributed by atoms with Gasteiger partial charge in [0.2, 0.25) is 5.91 Å². The van der Waals surface area contributed by atoms with Crippen molar-refractivity contribution in [2.45, 2.75) is 6.42 Å². The van der Waals surface area contributed by atoms with Gasteiger partial charge in [-0.1, -0.05) is 6.08 Å². The molecule has 1 aliphatic heterocycles. The number of rotatable bonds is 0. The number of nitrogens with zero attached hydrogens (tertiary/aromatic N) is 1. The van der Waals surface area contributed by atoms with Crippen molar-refractivity contribution in [3.63, 3.8) is 0 Å². The Hall–Kier alpha value is -0.440. The maximum absolute atomic E-state index is 10.9. The van der Waals surface area contributed by atoms with E-state index in [1.165, 1.54) is 0 Å². The van der Waals surface area contributed by atoms with Crippen LogP contribution < -0.4 is 0 Å². The van der Waals surface area contributed by atoms with E-state index in [9.17, 15) is 4.79 Å². The Kier molecular flexibility index (Phi) is 2.16. The highest BCUT2D eigenvalue weighted by Gasteiger charge is 2.07. The van der Waals surface area contributed by atoms with Crippen molar-refractivity contribution >= 4 is 17.7 Å². The highest BCUT2D eigenvalue weighted by molar-refractivity contribution is 8.02. The molecular weight excluding hydrogens is 134 g/mol. The molecule has 0 N–H and O–H groups in total. The fraction of sp³-hybridized carbons (Fsp3) is 0.500. The number of carbonyl (C=O) groups is 1. The fourth-order valence-corrected chi connectivity index (χ4v) is 1.29. The number of thioether (sulfide) groups is 1. The third-order valence-electron chi connectivity index (χ3n) is 1.18. The summed E-state index contributed by atoms with van der Waals surface area (Å²) in [6.45, 7) is 0. The molecule has 0 aliphatic carbocycles. The molecule has 0 atom stereocenters. The second-order valence-corrected chi connectivity index (χ2v) is 2.83. The fourth-order valence-electron chi connectivity index (χ4n) is 0.600. The van der Waals surface area contributed by atoms with Gasteiger partial charge in [-0.25, -0.2) is 0 Å². The Labute approximate surface area is 58.9 Å². The minimum Gasteiger partial charge on any atom is -0.336 e. The van der Waals surface area contributed by atoms with Crippen LogP contribution in [0.1, 0.15) is 6.42 Å². The first-order chi connectivity index (χ1) is 4.30. The Bertz CT molecular complexity index is 144. The first kappa shape index (κ1) is 6.68. The van der Waals surface area contributed by atoms with Gasteiger partial charge in [-0.3, -0.25) is 4.79 Å². The van der Waals surface area contributed by atoms with E-state index in [2.05, 4.69) is 0 Å². The van der Waals surface area contributed by atoms with Gasteiger partial charge in [0.1, 0.15) is 0 Å². The molecule has 0 aromatic heterocycles. The number of amides is 1. The van der Waals surface area contributed by atoms with Gasteiger partial charge >= 0.3 is 0 Å². The van der Waals surface area contributed by atoms with Gasteiger partial charge in [-0.2, -0.15) is 0 Å². The molecule has 2 nitrogen and oxygen atoms in total. The molecule has 0 unspecified atom stereocenters. The zero-order valence-corrected chi connectivity index (χ0v) is 6.15. The van der Waals surface area contributed by atoms with Crippen LogP contribution in [0.4, 0.5) is 0 Å². The van der Waals surface area contributed by atoms with Crippen molar-refractivity contribution in [2.75, 3.05) is 12.9 Å². The van der Waals surface area contributed by atoms with Crippen molar-refractivity contribution in [3.05, 3.63) is 11.5 Å². The topological polar surface area (TPSA) is 20.3 Å². The van der Waals surface area contributed by atoms with Crippen LogP contribution in [0.25, 0.3) is 0 Å². The molecule has 1 amide bonds. The van der Waals surface area contributed by atoms with Gasteiger partial charge in [0.05, 0.1) is 5.88 Å². The second kappa shape index (κ2) is 2.92. The SMILES string of the molecule is CN1CSC=CCC1=O. The monoisotopic (exact) mass is 143 g/mol. The first-order valence-corrected chi connectivity index (χ1v) is 3.86. The van der Waals surface area contributed by atoms with E-state index in [0.29, 0.717) is 6.42 Å². The molecule has 9 heavy (non-hydrogen) atoms. The number of hydrogen-bond donors (Lipinski definition) is 0. The molecule has 50 valence electrons. The van der Waals surface area contributed by atoms with Gasteiger partial charge in [0.25, 0.3) is 0 Å². The van der Waals surface area contributed by atoms with Crippen LogP contribution >= 0.6 is 11.8 Å². The molecule has 0 spiro atoms. The number of hydrogen-bond acceptors (Lipinski definition) is 2. The standard InChI is InChI=1S/C6H9NOS/c1-7-5-9-4-2-3-6(7)8/h2,4H,3,5H2,1H3. The summed E-state index contributed by atoms with van der Waals surface area (Å²) in [6.07, 6.45) is 2.46. The van der Waals surface area contributed by atoms with Crippen LogP contribution in [-0.4, -0.2) is 23.7 Å². The summed E-state index contributed by atoms with van der Waals surface area (Å²) in [5.41, 5.74) is 0. The van der Waals surface area contributed by atoms with Gasteiger partial charge in [0, 0.05) is 13.5 Å². The van der Waals surface area contributed by atoms with Crippen LogP contribution in [0.15, 0.2) is 11.5 Å². The summed E-state index contributed by atoms with van der Waals surface area (Å²) < 4.78 is 0. The van der Waals surface area contributed by atoms with E-state index in [1.54, 1.807) is 16.7 Å². The summed E-state index contributed by atoms with van der Waals surface area (Å²) in [5.74, 6) is 0.992. The molecule has 0 bridgehead atoms. The molecule has 0 saturated heterocycles. The Balaban J connectivity index is 2.52. The molecule has 0 aromatic carbocycles. The zero-order chi connectivity index (χ0) is 6.69. The lowest BCUT2D eigenvalue weighted by Crippen LogP contribution is -2.23. The van der Waals surface area contributed by atoms with E-state index in [-0.39, 0.29) is 5.91 Å². The Morgan fingerprint density at radius 2 is 2.56 bits per heavy atom. The second-order valence-electron chi connectivity index (χ2n) is 1.96. The highest BCUT2D eigenvalue weighted by atomic mass is 32.2. The third-order valence-corrected chi connectivity index (χ3v) is 2.10. The molecule has 0 saturated carbocycles. The molecule has 0 fully saturated rings. The van der Waals surface area contributed by atoms with Crippen LogP contribution in [-0.2, 0) is 4.79 Å². The van der Waals surface area contributed by atoms with E-state index in [0.717, 1.165) is 5.88 Å². The van der Waals surface area contributed by atoms with Crippen molar-refractivity contribution in [1.82, 2.24) is 4.90 Å². The molecule has 1 heterocycles. The molecule has 0 aromatic rings. The molecule has 1 aliphatic rings. The van der Waals surface area contributed by atoms with Crippen molar-refractivity contribution in [2.24, 2.45) is 0 Å². The average molecular weight is 143 g/mol. The van der Waals surface area contributed by atoms with Crippen molar-refractivity contribution in [1.29, 1.82) is 0 Å². The smallest absolute Gasteiger partial charge is 0.226 e. The van der Waals surface area contributed by atoms with E-state index >= 15 is 0 Å². The van der Waals surface area contributed by atoms with Gasteiger partial charge in [-0.05, 0) is 5.41 Å². The predicted molar refractivity (Wildman–Crippen MR) is 39.0 cm³/mol. The largest absolute Gasteiger partial charge is 0.336 e. The summed E-state index contributed by atoms with van der Waals surface area (Å²) in [6, 6.07) is 0. The predicted octanol–water partition coefficient (Wildman–Crippen LogP) is 1.05. The van der Waals surface area contributed by atoms with Crippen LogP contribution in [0.2, 0.25) is 0 Å². The quantitative estimate of drug-likeness (QED) is 0.505. The lowest BCUT2D eigenvalue weighted by molar-refractivity contribution is -0.128. The van der Waals surface area contributed by atoms with Crippen LogP contribution in [0, 0.1) is 0 Å². The molecule has 0 radical (unpaired) electrons. The zero-order valence-electron chi connectivity index (χ0n) is 5.33. The van der Waals surface area contributed by atoms with Gasteiger partial charge < -0.3 is 4.90 Å². The lowest BCUT2D eigenvalue weighted by Gasteiger charge is -2.11. The van der Waals surface area contributed by atoms with Crippen LogP contribution in [0.3, 0.4) is 0 Å². The summed E-state index contributed by atoms with van der Waals surface area (Å²) in [4.78, 5) is 12.6. The van der Waals surface area contributed by atoms with E-state index in [1.807, 2.05) is 18.5 Å². The normalized spacial score (nSPS) is 20.1. The summed E-state index contributed by atoms with van der Waals surface area (Å²) in [5, 5.41) is 1.97. The minimum atomic E-state index is 0.205. The van der Waals surface area contributed by atoms with Crippen molar-refractivity contribution in [3.8, 4) is 0 Å². The van der Waals surface area contributed by atoms with Crippen molar-refractivity contribution < 1.29 is 4.79 Å². The maximum atomic E-state index is 10.9. The van der Waals surface area contributed by atoms with Gasteiger partial charge in [0.15, 0.2) is 0 Å². The molecular formula is C6H9NOS. The average Bonchev–Trinajstić information content (AvgIpc) is 1.99. The van der Waals surface area contributed by atoms with E-state index in [4.69, 9.17) is 0 Å². The minimum absolute atomic E-state index is 0.205. The molecule has 1 rings (SSSR count). The Morgan fingerprint density at radius 3 is 3.33 bits per heavy atom. The molecule has 3 heteroatoms. The summed E-state index contributed by atoms with van der Waals surface area (Å²) in [7, 11) is 1.82. The summed E-state index contributed by atoms with van der Waals surface area (Å²) >= 11 is 1.65. The third kappa shape index (κ3) is 1.75. The van der Waals surface area contributed by atoms with Gasteiger partial charge in [-0.15, -0.1) is 11.8 Å². The van der Waals surface area contributed by atoms with Crippen LogP contribution in [0.5, 0.6) is 0 Å². The van der Waals surface area contributed by atoms with E-state index < -0.39 is 0 Å². The Morgan fingerprint density at radius 1 is 1.78 bits per heavy atom.